The van der Waals surface area contributed by atoms with Gasteiger partial charge in [0.2, 0.25) is 0 Å². The molecule has 0 unspecified atom stereocenters. The number of pyridine rings is 1. The van der Waals surface area contributed by atoms with E-state index in [1.54, 1.807) is 29.2 Å². The maximum atomic E-state index is 12.2. The lowest BCUT2D eigenvalue weighted by Gasteiger charge is -2.38. The first-order chi connectivity index (χ1) is 13.3. The average molecular weight is 363 g/mol. The number of rotatable bonds is 5. The van der Waals surface area contributed by atoms with Crippen molar-refractivity contribution in [1.82, 2.24) is 24.8 Å². The fourth-order valence-electron chi connectivity index (χ4n) is 4.05. The third-order valence-electron chi connectivity index (χ3n) is 5.46. The minimum atomic E-state index is -0.0550. The van der Waals surface area contributed by atoms with Crippen LogP contribution in [0.1, 0.15) is 23.4 Å². The minimum absolute atomic E-state index is 0.0550. The van der Waals surface area contributed by atoms with Crippen LogP contribution in [0.25, 0.3) is 11.3 Å². The van der Waals surface area contributed by atoms with Crippen molar-refractivity contribution < 1.29 is 4.52 Å². The van der Waals surface area contributed by atoms with Gasteiger partial charge in [0, 0.05) is 61.6 Å². The van der Waals surface area contributed by atoms with Crippen LogP contribution in [0.15, 0.2) is 46.0 Å². The van der Waals surface area contributed by atoms with Crippen LogP contribution in [0.5, 0.6) is 0 Å². The van der Waals surface area contributed by atoms with E-state index in [0.717, 1.165) is 55.2 Å². The average Bonchev–Trinajstić information content (AvgIpc) is 3.27. The molecule has 1 aliphatic heterocycles. The van der Waals surface area contributed by atoms with Crippen LogP contribution in [-0.4, -0.2) is 37.9 Å². The molecule has 4 heterocycles. The van der Waals surface area contributed by atoms with Gasteiger partial charge in [0.15, 0.2) is 0 Å². The zero-order valence-corrected chi connectivity index (χ0v) is 15.0. The van der Waals surface area contributed by atoms with Crippen molar-refractivity contribution in [2.75, 3.05) is 13.1 Å². The molecule has 7 nitrogen and oxygen atoms in total. The Kier molecular flexibility index (Phi) is 4.09. The molecule has 138 valence electrons. The summed E-state index contributed by atoms with van der Waals surface area (Å²) in [4.78, 5) is 18.6. The van der Waals surface area contributed by atoms with Crippen LogP contribution in [0.2, 0.25) is 0 Å². The molecule has 5 rings (SSSR count). The standard InChI is InChI=1S/C20H21N5O2/c26-20-5-4-17(15-6-8-21-9-7-15)22-25(20)12-14-10-24(11-14)13-18-16-2-1-3-19(16)27-23-18/h4-9,14H,1-3,10-13H2. The van der Waals surface area contributed by atoms with Gasteiger partial charge in [-0.05, 0) is 31.0 Å². The van der Waals surface area contributed by atoms with Crippen LogP contribution in [0.3, 0.4) is 0 Å². The molecule has 0 aromatic carbocycles. The maximum absolute atomic E-state index is 12.2. The van der Waals surface area contributed by atoms with Gasteiger partial charge >= 0.3 is 0 Å². The molecule has 0 N–H and O–H groups in total. The van der Waals surface area contributed by atoms with E-state index in [4.69, 9.17) is 4.52 Å². The Hall–Kier alpha value is -2.80. The number of aromatic nitrogens is 4. The summed E-state index contributed by atoms with van der Waals surface area (Å²) < 4.78 is 7.02. The van der Waals surface area contributed by atoms with Gasteiger partial charge in [0.05, 0.1) is 12.2 Å². The summed E-state index contributed by atoms with van der Waals surface area (Å²) in [7, 11) is 0. The van der Waals surface area contributed by atoms with E-state index in [0.29, 0.717) is 12.5 Å². The van der Waals surface area contributed by atoms with Crippen LogP contribution < -0.4 is 5.56 Å². The predicted octanol–water partition coefficient (Wildman–Crippen LogP) is 1.91. The Bertz CT molecular complexity index is 1000. The number of fused-ring (bicyclic) bond motifs is 1. The quantitative estimate of drug-likeness (QED) is 0.689. The third kappa shape index (κ3) is 3.19. The van der Waals surface area contributed by atoms with Crippen molar-refractivity contribution in [3.63, 3.8) is 0 Å². The minimum Gasteiger partial charge on any atom is -0.361 e. The van der Waals surface area contributed by atoms with Crippen LogP contribution in [-0.2, 0) is 25.9 Å². The van der Waals surface area contributed by atoms with Gasteiger partial charge in [0.25, 0.3) is 5.56 Å². The molecule has 3 aromatic rings. The number of hydrogen-bond donors (Lipinski definition) is 0. The Balaban J connectivity index is 1.23. The zero-order valence-electron chi connectivity index (χ0n) is 15.0. The summed E-state index contributed by atoms with van der Waals surface area (Å²) in [6.07, 6.45) is 6.75. The second-order valence-corrected chi connectivity index (χ2v) is 7.42. The smallest absolute Gasteiger partial charge is 0.266 e. The molecule has 1 aliphatic carbocycles. The van der Waals surface area contributed by atoms with Gasteiger partial charge in [-0.25, -0.2) is 4.68 Å². The topological polar surface area (TPSA) is 77.1 Å². The Labute approximate surface area is 156 Å². The molecule has 0 atom stereocenters. The fourth-order valence-corrected chi connectivity index (χ4v) is 4.05. The lowest BCUT2D eigenvalue weighted by molar-refractivity contribution is 0.0741. The monoisotopic (exact) mass is 363 g/mol. The lowest BCUT2D eigenvalue weighted by atomic mass is 9.99. The Morgan fingerprint density at radius 1 is 1.11 bits per heavy atom. The van der Waals surface area contributed by atoms with Gasteiger partial charge in [-0.1, -0.05) is 5.16 Å². The SMILES string of the molecule is O=c1ccc(-c2ccncc2)nn1CC1CN(Cc2noc3c2CCC3)C1. The Morgan fingerprint density at radius 3 is 2.81 bits per heavy atom. The van der Waals surface area contributed by atoms with Crippen molar-refractivity contribution in [3.8, 4) is 11.3 Å². The van der Waals surface area contributed by atoms with Crippen LogP contribution in [0, 0.1) is 5.92 Å². The predicted molar refractivity (Wildman–Crippen MR) is 99.0 cm³/mol. The van der Waals surface area contributed by atoms with Crippen LogP contribution in [0.4, 0.5) is 0 Å². The van der Waals surface area contributed by atoms with E-state index in [9.17, 15) is 4.79 Å². The molecular formula is C20H21N5O2. The van der Waals surface area contributed by atoms with E-state index in [-0.39, 0.29) is 5.56 Å². The van der Waals surface area contributed by atoms with Gasteiger partial charge in [0.1, 0.15) is 11.5 Å². The second-order valence-electron chi connectivity index (χ2n) is 7.42. The number of likely N-dealkylation sites (tertiary alicyclic amines) is 1. The fraction of sp³-hybridized carbons (Fsp3) is 0.400. The largest absolute Gasteiger partial charge is 0.361 e. The highest BCUT2D eigenvalue weighted by molar-refractivity contribution is 5.56. The first-order valence-corrected chi connectivity index (χ1v) is 9.43. The summed E-state index contributed by atoms with van der Waals surface area (Å²) in [5, 5.41) is 8.78. The lowest BCUT2D eigenvalue weighted by Crippen LogP contribution is -2.49. The molecule has 0 radical (unpaired) electrons. The molecule has 0 bridgehead atoms. The zero-order chi connectivity index (χ0) is 18.2. The number of hydrogen-bond acceptors (Lipinski definition) is 6. The highest BCUT2D eigenvalue weighted by Gasteiger charge is 2.30. The van der Waals surface area contributed by atoms with Crippen molar-refractivity contribution in [3.05, 3.63) is 64.0 Å². The van der Waals surface area contributed by atoms with E-state index >= 15 is 0 Å². The summed E-state index contributed by atoms with van der Waals surface area (Å²) in [5.41, 5.74) is 4.12. The first-order valence-electron chi connectivity index (χ1n) is 9.43. The highest BCUT2D eigenvalue weighted by atomic mass is 16.5. The van der Waals surface area contributed by atoms with Crippen molar-refractivity contribution in [2.45, 2.75) is 32.4 Å². The first kappa shape index (κ1) is 16.4. The summed E-state index contributed by atoms with van der Waals surface area (Å²) >= 11 is 0. The van der Waals surface area contributed by atoms with Crippen LogP contribution >= 0.6 is 0 Å². The molecule has 7 heteroatoms. The second kappa shape index (κ2) is 6.74. The van der Waals surface area contributed by atoms with Crippen molar-refractivity contribution >= 4 is 0 Å². The summed E-state index contributed by atoms with van der Waals surface area (Å²) in [5.74, 6) is 1.51. The van der Waals surface area contributed by atoms with Gasteiger partial charge in [-0.2, -0.15) is 5.10 Å². The molecule has 1 fully saturated rings. The third-order valence-corrected chi connectivity index (χ3v) is 5.46. The van der Waals surface area contributed by atoms with Crippen molar-refractivity contribution in [1.29, 1.82) is 0 Å². The molecule has 2 aliphatic rings. The highest BCUT2D eigenvalue weighted by Crippen LogP contribution is 2.28. The molecule has 0 saturated carbocycles. The molecule has 27 heavy (non-hydrogen) atoms. The number of aryl methyl sites for hydroxylation is 1. The molecule has 0 spiro atoms. The molecular weight excluding hydrogens is 342 g/mol. The van der Waals surface area contributed by atoms with Gasteiger partial charge in [-0.15, -0.1) is 0 Å². The molecule has 1 saturated heterocycles. The van der Waals surface area contributed by atoms with E-state index < -0.39 is 0 Å². The Morgan fingerprint density at radius 2 is 1.96 bits per heavy atom. The van der Waals surface area contributed by atoms with E-state index in [1.807, 2.05) is 12.1 Å². The van der Waals surface area contributed by atoms with Gasteiger partial charge < -0.3 is 4.52 Å². The summed E-state index contributed by atoms with van der Waals surface area (Å²) in [6.45, 7) is 3.39. The van der Waals surface area contributed by atoms with Crippen molar-refractivity contribution in [2.24, 2.45) is 5.92 Å². The van der Waals surface area contributed by atoms with Gasteiger partial charge in [-0.3, -0.25) is 14.7 Å². The summed E-state index contributed by atoms with van der Waals surface area (Å²) in [6, 6.07) is 7.17. The van der Waals surface area contributed by atoms with E-state index in [1.165, 1.54) is 12.0 Å². The van der Waals surface area contributed by atoms with E-state index in [2.05, 4.69) is 20.1 Å². The molecule has 0 amide bonds. The molecule has 3 aromatic heterocycles. The normalized spacial score (nSPS) is 17.0. The number of nitrogens with zero attached hydrogens (tertiary/aromatic N) is 5. The maximum Gasteiger partial charge on any atom is 0.266 e.